The summed E-state index contributed by atoms with van der Waals surface area (Å²) in [5.74, 6) is 0.0611. The van der Waals surface area contributed by atoms with E-state index in [-0.39, 0.29) is 23.4 Å². The molecule has 0 spiro atoms. The van der Waals surface area contributed by atoms with Crippen molar-refractivity contribution in [3.63, 3.8) is 0 Å². The first-order valence-corrected chi connectivity index (χ1v) is 7.16. The van der Waals surface area contributed by atoms with E-state index < -0.39 is 0 Å². The van der Waals surface area contributed by atoms with Crippen LogP contribution >= 0.6 is 0 Å². The van der Waals surface area contributed by atoms with Crippen molar-refractivity contribution in [3.8, 4) is 0 Å². The fourth-order valence-electron chi connectivity index (χ4n) is 3.16. The molecule has 0 unspecified atom stereocenters. The average Bonchev–Trinajstić information content (AvgIpc) is 3.17. The third-order valence-corrected chi connectivity index (χ3v) is 5.07. The lowest BCUT2D eigenvalue weighted by Crippen LogP contribution is -2.52. The monoisotopic (exact) mass is 250 g/mol. The second-order valence-electron chi connectivity index (χ2n) is 6.50. The smallest absolute Gasteiger partial charge is 0.243 e. The van der Waals surface area contributed by atoms with Crippen molar-refractivity contribution < 1.29 is 9.59 Å². The van der Waals surface area contributed by atoms with Gasteiger partial charge in [-0.15, -0.1) is 0 Å². The molecule has 2 N–H and O–H groups in total. The van der Waals surface area contributed by atoms with Crippen LogP contribution in [0.3, 0.4) is 0 Å². The summed E-state index contributed by atoms with van der Waals surface area (Å²) in [6.45, 7) is 2.27. The maximum absolute atomic E-state index is 12.3. The van der Waals surface area contributed by atoms with E-state index in [0.29, 0.717) is 11.8 Å². The fraction of sp³-hybridized carbons (Fsp3) is 0.857. The molecule has 2 aliphatic carbocycles. The average molecular weight is 250 g/mol. The number of carbonyl (C=O) groups is 2. The number of hydrogen-bond acceptors (Lipinski definition) is 2. The van der Waals surface area contributed by atoms with E-state index in [4.69, 9.17) is 0 Å². The molecule has 3 rings (SSSR count). The van der Waals surface area contributed by atoms with Crippen LogP contribution in [0.4, 0.5) is 0 Å². The van der Waals surface area contributed by atoms with Gasteiger partial charge in [0.05, 0.1) is 0 Å². The van der Waals surface area contributed by atoms with Crippen molar-refractivity contribution in [2.75, 3.05) is 0 Å². The highest BCUT2D eigenvalue weighted by molar-refractivity contribution is 5.88. The van der Waals surface area contributed by atoms with Gasteiger partial charge in [0.2, 0.25) is 11.8 Å². The molecule has 2 saturated carbocycles. The summed E-state index contributed by atoms with van der Waals surface area (Å²) in [4.78, 5) is 23.8. The summed E-state index contributed by atoms with van der Waals surface area (Å²) in [7, 11) is 0. The summed E-state index contributed by atoms with van der Waals surface area (Å²) < 4.78 is 0. The first-order valence-electron chi connectivity index (χ1n) is 7.16. The third-order valence-electron chi connectivity index (χ3n) is 5.07. The minimum atomic E-state index is -0.306. The van der Waals surface area contributed by atoms with Crippen LogP contribution in [0.5, 0.6) is 0 Å². The number of amides is 2. The molecule has 100 valence electrons. The van der Waals surface area contributed by atoms with Gasteiger partial charge in [0.15, 0.2) is 0 Å². The Labute approximate surface area is 108 Å². The van der Waals surface area contributed by atoms with E-state index in [1.807, 2.05) is 0 Å². The number of rotatable bonds is 3. The Balaban J connectivity index is 1.62. The van der Waals surface area contributed by atoms with Crippen molar-refractivity contribution in [2.24, 2.45) is 5.41 Å². The molecule has 0 bridgehead atoms. The molecule has 4 nitrogen and oxygen atoms in total. The molecule has 4 heteroatoms. The highest BCUT2D eigenvalue weighted by Crippen LogP contribution is 2.63. The number of hydrogen-bond donors (Lipinski definition) is 2. The topological polar surface area (TPSA) is 58.2 Å². The van der Waals surface area contributed by atoms with Gasteiger partial charge in [-0.3, -0.25) is 9.59 Å². The molecular weight excluding hydrogens is 228 g/mol. The van der Waals surface area contributed by atoms with E-state index in [9.17, 15) is 9.59 Å². The van der Waals surface area contributed by atoms with Crippen LogP contribution in [0.2, 0.25) is 0 Å². The predicted molar refractivity (Wildman–Crippen MR) is 67.8 cm³/mol. The van der Waals surface area contributed by atoms with Crippen molar-refractivity contribution in [3.05, 3.63) is 0 Å². The Morgan fingerprint density at radius 3 is 2.61 bits per heavy atom. The quantitative estimate of drug-likeness (QED) is 0.797. The minimum absolute atomic E-state index is 0.0233. The molecular formula is C14H22N2O2. The first kappa shape index (κ1) is 12.0. The molecule has 1 aliphatic heterocycles. The fourth-order valence-corrected chi connectivity index (χ4v) is 3.16. The SMILES string of the molecule is CC1(C2(NC(=O)[C@H]3CCCCC(=O)N3)CC2)CC1. The summed E-state index contributed by atoms with van der Waals surface area (Å²) in [6, 6.07) is -0.306. The summed E-state index contributed by atoms with van der Waals surface area (Å²) in [5, 5.41) is 6.08. The zero-order valence-electron chi connectivity index (χ0n) is 11.1. The van der Waals surface area contributed by atoms with Gasteiger partial charge in [-0.2, -0.15) is 0 Å². The Kier molecular flexibility index (Phi) is 2.65. The van der Waals surface area contributed by atoms with E-state index in [1.54, 1.807) is 0 Å². The molecule has 1 heterocycles. The standard InChI is InChI=1S/C14H22N2O2/c1-13(6-7-13)14(8-9-14)16-12(18)10-4-2-3-5-11(17)15-10/h10H,2-9H2,1H3,(H,15,17)(H,16,18)/t10-/m1/s1. The molecule has 3 fully saturated rings. The molecule has 0 aromatic heterocycles. The molecule has 0 aromatic rings. The van der Waals surface area contributed by atoms with Crippen LogP contribution < -0.4 is 10.6 Å². The lowest BCUT2D eigenvalue weighted by molar-refractivity contribution is -0.129. The van der Waals surface area contributed by atoms with E-state index in [0.717, 1.165) is 32.1 Å². The zero-order valence-corrected chi connectivity index (χ0v) is 11.1. The summed E-state index contributed by atoms with van der Waals surface area (Å²) in [6.07, 6.45) is 7.87. The summed E-state index contributed by atoms with van der Waals surface area (Å²) >= 11 is 0. The van der Waals surface area contributed by atoms with Gasteiger partial charge >= 0.3 is 0 Å². The predicted octanol–water partition coefficient (Wildman–Crippen LogP) is 1.49. The Hall–Kier alpha value is -1.06. The van der Waals surface area contributed by atoms with Crippen LogP contribution in [0.15, 0.2) is 0 Å². The van der Waals surface area contributed by atoms with Crippen molar-refractivity contribution >= 4 is 11.8 Å². The second-order valence-corrected chi connectivity index (χ2v) is 6.50. The highest BCUT2D eigenvalue weighted by atomic mass is 16.2. The second kappa shape index (κ2) is 3.97. The van der Waals surface area contributed by atoms with Crippen molar-refractivity contribution in [1.29, 1.82) is 0 Å². The maximum atomic E-state index is 12.3. The van der Waals surface area contributed by atoms with Gasteiger partial charge in [-0.05, 0) is 43.9 Å². The van der Waals surface area contributed by atoms with Gasteiger partial charge in [0.1, 0.15) is 6.04 Å². The zero-order chi connectivity index (χ0) is 12.8. The van der Waals surface area contributed by atoms with Gasteiger partial charge in [0.25, 0.3) is 0 Å². The molecule has 3 aliphatic rings. The lowest BCUT2D eigenvalue weighted by Gasteiger charge is -2.27. The van der Waals surface area contributed by atoms with Crippen LogP contribution in [-0.2, 0) is 9.59 Å². The lowest BCUT2D eigenvalue weighted by atomic mass is 9.95. The first-order chi connectivity index (χ1) is 8.55. The molecule has 2 amide bonds. The molecule has 0 aromatic carbocycles. The number of nitrogens with one attached hydrogen (secondary N) is 2. The van der Waals surface area contributed by atoms with Crippen molar-refractivity contribution in [2.45, 2.75) is 69.9 Å². The normalized spacial score (nSPS) is 32.1. The summed E-state index contributed by atoms with van der Waals surface area (Å²) in [5.41, 5.74) is 0.387. The van der Waals surface area contributed by atoms with Crippen LogP contribution in [0, 0.1) is 5.41 Å². The van der Waals surface area contributed by atoms with Gasteiger partial charge < -0.3 is 10.6 Å². The Bertz CT molecular complexity index is 383. The Morgan fingerprint density at radius 1 is 1.28 bits per heavy atom. The van der Waals surface area contributed by atoms with E-state index in [2.05, 4.69) is 17.6 Å². The van der Waals surface area contributed by atoms with E-state index >= 15 is 0 Å². The molecule has 1 saturated heterocycles. The minimum Gasteiger partial charge on any atom is -0.348 e. The van der Waals surface area contributed by atoms with Crippen LogP contribution in [-0.4, -0.2) is 23.4 Å². The molecule has 18 heavy (non-hydrogen) atoms. The highest BCUT2D eigenvalue weighted by Gasteiger charge is 2.63. The largest absolute Gasteiger partial charge is 0.348 e. The van der Waals surface area contributed by atoms with Crippen LogP contribution in [0.25, 0.3) is 0 Å². The maximum Gasteiger partial charge on any atom is 0.243 e. The van der Waals surface area contributed by atoms with Gasteiger partial charge in [0, 0.05) is 12.0 Å². The molecule has 0 radical (unpaired) electrons. The third kappa shape index (κ3) is 2.02. The van der Waals surface area contributed by atoms with E-state index in [1.165, 1.54) is 12.8 Å². The molecule has 1 atom stereocenters. The van der Waals surface area contributed by atoms with Gasteiger partial charge in [-0.1, -0.05) is 13.3 Å². The number of carbonyl (C=O) groups excluding carboxylic acids is 2. The van der Waals surface area contributed by atoms with Crippen molar-refractivity contribution in [1.82, 2.24) is 10.6 Å². The van der Waals surface area contributed by atoms with Gasteiger partial charge in [-0.25, -0.2) is 0 Å². The Morgan fingerprint density at radius 2 is 2.00 bits per heavy atom. The van der Waals surface area contributed by atoms with Crippen LogP contribution in [0.1, 0.15) is 58.3 Å².